The fourth-order valence-corrected chi connectivity index (χ4v) is 3.72. The predicted molar refractivity (Wildman–Crippen MR) is 108 cm³/mol. The van der Waals surface area contributed by atoms with Crippen molar-refractivity contribution < 1.29 is 23.5 Å². The Kier molecular flexibility index (Phi) is 5.48. The number of benzene rings is 3. The molecular weight excluding hydrogens is 385 g/mol. The lowest BCUT2D eigenvalue weighted by atomic mass is 9.86. The number of methoxy groups -OCH3 is 1. The number of hydrogen-bond donors (Lipinski definition) is 0. The minimum atomic E-state index is -1.22. The monoisotopic (exact) mass is 405 g/mol. The number of hydrogen-bond acceptors (Lipinski definition) is 4. The summed E-state index contributed by atoms with van der Waals surface area (Å²) in [5.74, 6) is -1.17. The van der Waals surface area contributed by atoms with Gasteiger partial charge in [-0.25, -0.2) is 9.18 Å². The minimum absolute atomic E-state index is 0.0804. The summed E-state index contributed by atoms with van der Waals surface area (Å²) in [6.07, 6.45) is -0.839. The average Bonchev–Trinajstić information content (AvgIpc) is 2.79. The topological polar surface area (TPSA) is 55.8 Å². The molecule has 30 heavy (non-hydrogen) atoms. The van der Waals surface area contributed by atoms with Crippen molar-refractivity contribution in [2.45, 2.75) is 18.2 Å². The third-order valence-corrected chi connectivity index (χ3v) is 5.13. The highest BCUT2D eigenvalue weighted by atomic mass is 19.1. The molecule has 3 atom stereocenters. The van der Waals surface area contributed by atoms with Crippen LogP contribution in [0.2, 0.25) is 0 Å². The van der Waals surface area contributed by atoms with E-state index >= 15 is 0 Å². The van der Waals surface area contributed by atoms with Crippen LogP contribution in [0, 0.1) is 5.82 Å². The Bertz CT molecular complexity index is 1040. The Labute approximate surface area is 173 Å². The lowest BCUT2D eigenvalue weighted by molar-refractivity contribution is -0.178. The van der Waals surface area contributed by atoms with E-state index in [4.69, 9.17) is 9.47 Å². The first-order valence-electron chi connectivity index (χ1n) is 9.53. The zero-order chi connectivity index (χ0) is 21.1. The molecule has 1 saturated heterocycles. The maximum Gasteiger partial charge on any atom is 0.333 e. The van der Waals surface area contributed by atoms with Gasteiger partial charge in [0.2, 0.25) is 6.10 Å². The smallest absolute Gasteiger partial charge is 0.333 e. The molecule has 6 heteroatoms. The molecule has 152 valence electrons. The van der Waals surface area contributed by atoms with E-state index in [2.05, 4.69) is 0 Å². The second kappa shape index (κ2) is 8.37. The number of nitrogens with zero attached hydrogens (tertiary/aromatic N) is 1. The molecule has 0 N–H and O–H groups in total. The van der Waals surface area contributed by atoms with E-state index in [1.54, 1.807) is 18.2 Å². The summed E-state index contributed by atoms with van der Waals surface area (Å²) in [4.78, 5) is 27.2. The largest absolute Gasteiger partial charge is 0.478 e. The average molecular weight is 405 g/mol. The van der Waals surface area contributed by atoms with Gasteiger partial charge < -0.3 is 14.4 Å². The van der Waals surface area contributed by atoms with Gasteiger partial charge in [-0.2, -0.15) is 0 Å². The first-order chi connectivity index (χ1) is 14.6. The molecule has 0 aromatic heterocycles. The van der Waals surface area contributed by atoms with Gasteiger partial charge in [0.15, 0.2) is 6.04 Å². The summed E-state index contributed by atoms with van der Waals surface area (Å²) in [7, 11) is 1.22. The Morgan fingerprint density at radius 1 is 0.933 bits per heavy atom. The van der Waals surface area contributed by atoms with E-state index in [1.807, 2.05) is 48.5 Å². The van der Waals surface area contributed by atoms with Crippen LogP contribution in [0.3, 0.4) is 0 Å². The quantitative estimate of drug-likeness (QED) is 0.458. The molecule has 1 amide bonds. The fraction of sp³-hybridized carbons (Fsp3) is 0.167. The van der Waals surface area contributed by atoms with Crippen molar-refractivity contribution in [3.05, 3.63) is 102 Å². The summed E-state index contributed by atoms with van der Waals surface area (Å²) >= 11 is 0. The van der Waals surface area contributed by atoms with Gasteiger partial charge in [-0.3, -0.25) is 4.79 Å². The van der Waals surface area contributed by atoms with Crippen LogP contribution in [0.25, 0.3) is 0 Å². The van der Waals surface area contributed by atoms with E-state index in [1.165, 1.54) is 30.2 Å². The third kappa shape index (κ3) is 3.52. The normalized spacial score (nSPS) is 19.0. The predicted octanol–water partition coefficient (Wildman–Crippen LogP) is 4.07. The molecule has 1 fully saturated rings. The van der Waals surface area contributed by atoms with E-state index in [0.29, 0.717) is 5.75 Å². The second-order valence-electron chi connectivity index (χ2n) is 6.90. The van der Waals surface area contributed by atoms with Gasteiger partial charge in [-0.05, 0) is 23.8 Å². The van der Waals surface area contributed by atoms with Gasteiger partial charge in [0, 0.05) is 5.56 Å². The van der Waals surface area contributed by atoms with Gasteiger partial charge in [0.1, 0.15) is 17.6 Å². The van der Waals surface area contributed by atoms with Crippen LogP contribution in [0.15, 0.2) is 84.9 Å². The Morgan fingerprint density at radius 3 is 2.17 bits per heavy atom. The molecule has 0 bridgehead atoms. The Balaban J connectivity index is 1.75. The van der Waals surface area contributed by atoms with Crippen LogP contribution in [-0.4, -0.2) is 30.0 Å². The maximum atomic E-state index is 14.6. The number of β-lactam (4-membered cyclic amide) rings is 1. The molecule has 1 aliphatic heterocycles. The van der Waals surface area contributed by atoms with Gasteiger partial charge in [-0.15, -0.1) is 0 Å². The molecule has 4 rings (SSSR count). The molecule has 3 aromatic carbocycles. The molecular formula is C24H20FNO4. The lowest BCUT2D eigenvalue weighted by Gasteiger charge is -2.49. The van der Waals surface area contributed by atoms with Crippen LogP contribution in [0.4, 0.5) is 4.39 Å². The summed E-state index contributed by atoms with van der Waals surface area (Å²) in [6.45, 7) is 0. The lowest BCUT2D eigenvalue weighted by Crippen LogP contribution is -2.63. The number of esters is 1. The summed E-state index contributed by atoms with van der Waals surface area (Å²) in [6, 6.07) is 22.3. The molecule has 3 aromatic rings. The van der Waals surface area contributed by atoms with Crippen LogP contribution in [0.5, 0.6) is 5.75 Å². The summed E-state index contributed by atoms with van der Waals surface area (Å²) < 4.78 is 25.5. The number of likely N-dealkylation sites (tertiary alicyclic amines) is 1. The highest BCUT2D eigenvalue weighted by molar-refractivity contribution is 5.94. The van der Waals surface area contributed by atoms with Crippen molar-refractivity contribution in [1.29, 1.82) is 0 Å². The van der Waals surface area contributed by atoms with Crippen molar-refractivity contribution in [2.75, 3.05) is 7.11 Å². The molecule has 0 aliphatic carbocycles. The number of halogens is 1. The Hall–Kier alpha value is -3.67. The zero-order valence-electron chi connectivity index (χ0n) is 16.3. The van der Waals surface area contributed by atoms with Crippen LogP contribution < -0.4 is 4.74 Å². The number of carbonyl (C=O) groups is 2. The highest BCUT2D eigenvalue weighted by Crippen LogP contribution is 2.44. The Morgan fingerprint density at radius 2 is 1.53 bits per heavy atom. The van der Waals surface area contributed by atoms with Crippen molar-refractivity contribution >= 4 is 11.9 Å². The molecule has 1 unspecified atom stereocenters. The van der Waals surface area contributed by atoms with Crippen molar-refractivity contribution in [2.24, 2.45) is 0 Å². The van der Waals surface area contributed by atoms with Crippen LogP contribution >= 0.6 is 0 Å². The SMILES string of the molecule is COC(=O)C(c1ccccc1F)N1C(=O)[C@@H](Oc2ccccc2)[C@H]1c1ccccc1. The van der Waals surface area contributed by atoms with E-state index < -0.39 is 35.9 Å². The van der Waals surface area contributed by atoms with Crippen LogP contribution in [-0.2, 0) is 14.3 Å². The van der Waals surface area contributed by atoms with Gasteiger partial charge >= 0.3 is 5.97 Å². The molecule has 0 saturated carbocycles. The summed E-state index contributed by atoms with van der Waals surface area (Å²) in [5, 5.41) is 0. The van der Waals surface area contributed by atoms with Crippen molar-refractivity contribution in [3.63, 3.8) is 0 Å². The third-order valence-electron chi connectivity index (χ3n) is 5.13. The van der Waals surface area contributed by atoms with Gasteiger partial charge in [0.25, 0.3) is 5.91 Å². The van der Waals surface area contributed by atoms with E-state index in [9.17, 15) is 14.0 Å². The van der Waals surface area contributed by atoms with Gasteiger partial charge in [-0.1, -0.05) is 66.7 Å². The molecule has 5 nitrogen and oxygen atoms in total. The number of rotatable bonds is 6. The summed E-state index contributed by atoms with van der Waals surface area (Å²) in [5.41, 5.74) is 0.861. The first-order valence-corrected chi connectivity index (χ1v) is 9.53. The zero-order valence-corrected chi connectivity index (χ0v) is 16.3. The van der Waals surface area contributed by atoms with E-state index in [-0.39, 0.29) is 5.56 Å². The fourth-order valence-electron chi connectivity index (χ4n) is 3.72. The van der Waals surface area contributed by atoms with Crippen molar-refractivity contribution in [3.8, 4) is 5.75 Å². The molecule has 0 radical (unpaired) electrons. The van der Waals surface area contributed by atoms with Crippen molar-refractivity contribution in [1.82, 2.24) is 4.90 Å². The standard InChI is InChI=1S/C24H20FNO4/c1-29-24(28)21(18-14-8-9-15-19(18)25)26-20(16-10-4-2-5-11-16)22(23(26)27)30-17-12-6-3-7-13-17/h2-15,20-22H,1H3/t20-,21?,22+/m1/s1. The maximum absolute atomic E-state index is 14.6. The first kappa shape index (κ1) is 19.6. The molecule has 1 heterocycles. The number of carbonyl (C=O) groups excluding carboxylic acids is 2. The number of ether oxygens (including phenoxy) is 2. The van der Waals surface area contributed by atoms with E-state index in [0.717, 1.165) is 5.56 Å². The molecule has 0 spiro atoms. The van der Waals surface area contributed by atoms with Crippen LogP contribution in [0.1, 0.15) is 23.2 Å². The number of amides is 1. The minimum Gasteiger partial charge on any atom is -0.478 e. The molecule has 1 aliphatic rings. The highest BCUT2D eigenvalue weighted by Gasteiger charge is 2.55. The second-order valence-corrected chi connectivity index (χ2v) is 6.90. The number of para-hydroxylation sites is 1. The van der Waals surface area contributed by atoms with Gasteiger partial charge in [0.05, 0.1) is 7.11 Å².